The number of fused-ring (bicyclic) bond motifs is 9. The minimum atomic E-state index is -0.467. The van der Waals surface area contributed by atoms with Gasteiger partial charge in [-0.3, -0.25) is 0 Å². The van der Waals surface area contributed by atoms with Gasteiger partial charge in [-0.15, -0.1) is 22.7 Å². The molecule has 13 rings (SSSR count). The van der Waals surface area contributed by atoms with Gasteiger partial charge in [-0.1, -0.05) is 188 Å². The molecule has 3 aromatic heterocycles. The molecule has 0 N–H and O–H groups in total. The average molecular weight is 838 g/mol. The molecule has 0 atom stereocenters. The molecular weight excluding hydrogens is 803 g/mol. The Morgan fingerprint density at radius 1 is 0.286 bits per heavy atom. The predicted octanol–water partition coefficient (Wildman–Crippen LogP) is 15.6. The summed E-state index contributed by atoms with van der Waals surface area (Å²) >= 11 is 3.70. The summed E-state index contributed by atoms with van der Waals surface area (Å²) in [6.07, 6.45) is 0. The fourth-order valence-electron chi connectivity index (χ4n) is 9.93. The molecule has 63 heavy (non-hydrogen) atoms. The molecule has 1 aliphatic rings. The van der Waals surface area contributed by atoms with Gasteiger partial charge in [0.05, 0.1) is 5.41 Å². The zero-order valence-corrected chi connectivity index (χ0v) is 35.5. The normalized spacial score (nSPS) is 12.9. The number of benzene rings is 9. The first-order valence-electron chi connectivity index (χ1n) is 21.2. The number of hydrogen-bond donors (Lipinski definition) is 0. The van der Waals surface area contributed by atoms with E-state index in [-0.39, 0.29) is 0 Å². The van der Waals surface area contributed by atoms with Gasteiger partial charge in [0.2, 0.25) is 0 Å². The van der Waals surface area contributed by atoms with Crippen molar-refractivity contribution in [2.24, 2.45) is 0 Å². The van der Waals surface area contributed by atoms with Gasteiger partial charge < -0.3 is 0 Å². The van der Waals surface area contributed by atoms with Gasteiger partial charge in [0.15, 0.2) is 17.5 Å². The smallest absolute Gasteiger partial charge is 0.164 e. The minimum Gasteiger partial charge on any atom is -0.208 e. The van der Waals surface area contributed by atoms with Crippen molar-refractivity contribution in [3.8, 4) is 56.4 Å². The maximum atomic E-state index is 5.00. The molecule has 0 saturated heterocycles. The Labute approximate surface area is 372 Å². The Bertz CT molecular complexity index is 3630. The fraction of sp³-hybridized carbons (Fsp3) is 0.0172. The molecule has 3 heterocycles. The molecular formula is C58H35N3S2. The van der Waals surface area contributed by atoms with Crippen molar-refractivity contribution in [3.05, 3.63) is 235 Å². The molecule has 0 aliphatic heterocycles. The maximum Gasteiger partial charge on any atom is 0.164 e. The van der Waals surface area contributed by atoms with Gasteiger partial charge >= 0.3 is 0 Å². The van der Waals surface area contributed by atoms with Crippen LogP contribution in [0.2, 0.25) is 0 Å². The molecule has 12 aromatic rings. The number of thiophene rings is 2. The summed E-state index contributed by atoms with van der Waals surface area (Å²) < 4.78 is 5.09. The van der Waals surface area contributed by atoms with E-state index in [4.69, 9.17) is 15.0 Å². The van der Waals surface area contributed by atoms with Gasteiger partial charge in [-0.05, 0) is 68.8 Å². The zero-order chi connectivity index (χ0) is 41.5. The minimum absolute atomic E-state index is 0.467. The van der Waals surface area contributed by atoms with Gasteiger partial charge in [-0.25, -0.2) is 15.0 Å². The van der Waals surface area contributed by atoms with Crippen molar-refractivity contribution in [2.45, 2.75) is 5.41 Å². The number of hydrogen-bond acceptors (Lipinski definition) is 5. The molecule has 1 aliphatic carbocycles. The molecule has 3 nitrogen and oxygen atoms in total. The van der Waals surface area contributed by atoms with Crippen LogP contribution in [0.15, 0.2) is 212 Å². The Hall–Kier alpha value is -7.57. The predicted molar refractivity (Wildman–Crippen MR) is 265 cm³/mol. The van der Waals surface area contributed by atoms with Crippen LogP contribution in [-0.4, -0.2) is 15.0 Å². The van der Waals surface area contributed by atoms with Crippen molar-refractivity contribution in [1.82, 2.24) is 15.0 Å². The van der Waals surface area contributed by atoms with E-state index in [1.54, 1.807) is 0 Å². The van der Waals surface area contributed by atoms with Crippen LogP contribution in [0.25, 0.3) is 96.8 Å². The van der Waals surface area contributed by atoms with E-state index in [0.717, 1.165) is 16.7 Å². The highest BCUT2D eigenvalue weighted by Crippen LogP contribution is 2.57. The zero-order valence-electron chi connectivity index (χ0n) is 33.9. The molecule has 0 fully saturated rings. The van der Waals surface area contributed by atoms with Crippen molar-refractivity contribution in [1.29, 1.82) is 0 Å². The average Bonchev–Trinajstić information content (AvgIpc) is 4.02. The quantitative estimate of drug-likeness (QED) is 0.167. The second kappa shape index (κ2) is 14.2. The maximum absolute atomic E-state index is 5.00. The summed E-state index contributed by atoms with van der Waals surface area (Å²) in [4.78, 5) is 14.9. The van der Waals surface area contributed by atoms with E-state index in [1.807, 2.05) is 83.3 Å². The number of aromatic nitrogens is 3. The van der Waals surface area contributed by atoms with Crippen LogP contribution in [0.3, 0.4) is 0 Å². The first-order valence-corrected chi connectivity index (χ1v) is 22.9. The van der Waals surface area contributed by atoms with E-state index >= 15 is 0 Å². The lowest BCUT2D eigenvalue weighted by molar-refractivity contribution is 0.770. The Kier molecular flexibility index (Phi) is 8.17. The van der Waals surface area contributed by atoms with Crippen molar-refractivity contribution >= 4 is 63.0 Å². The Morgan fingerprint density at radius 3 is 1.35 bits per heavy atom. The lowest BCUT2D eigenvalue weighted by Gasteiger charge is -2.34. The van der Waals surface area contributed by atoms with Crippen LogP contribution in [-0.2, 0) is 5.41 Å². The number of nitrogens with zero attached hydrogens (tertiary/aromatic N) is 3. The van der Waals surface area contributed by atoms with E-state index in [1.165, 1.54) is 84.9 Å². The van der Waals surface area contributed by atoms with Crippen molar-refractivity contribution in [2.75, 3.05) is 0 Å². The molecule has 294 valence electrons. The van der Waals surface area contributed by atoms with Crippen molar-refractivity contribution in [3.63, 3.8) is 0 Å². The van der Waals surface area contributed by atoms with Crippen LogP contribution in [0.5, 0.6) is 0 Å². The van der Waals surface area contributed by atoms with Gasteiger partial charge in [0, 0.05) is 57.0 Å². The Morgan fingerprint density at radius 2 is 0.714 bits per heavy atom. The summed E-state index contributed by atoms with van der Waals surface area (Å²) in [5, 5.41) is 5.13. The van der Waals surface area contributed by atoms with E-state index in [2.05, 4.69) is 152 Å². The van der Waals surface area contributed by atoms with E-state index in [0.29, 0.717) is 17.5 Å². The van der Waals surface area contributed by atoms with Crippen LogP contribution >= 0.6 is 22.7 Å². The summed E-state index contributed by atoms with van der Waals surface area (Å²) in [7, 11) is 0. The molecule has 0 amide bonds. The molecule has 0 unspecified atom stereocenters. The topological polar surface area (TPSA) is 38.7 Å². The highest BCUT2D eigenvalue weighted by molar-refractivity contribution is 7.26. The summed E-state index contributed by atoms with van der Waals surface area (Å²) in [5.74, 6) is 1.99. The van der Waals surface area contributed by atoms with E-state index < -0.39 is 5.41 Å². The lowest BCUT2D eigenvalue weighted by atomic mass is 9.67. The van der Waals surface area contributed by atoms with Crippen LogP contribution in [0, 0.1) is 0 Å². The van der Waals surface area contributed by atoms with Gasteiger partial charge in [0.25, 0.3) is 0 Å². The summed E-state index contributed by atoms with van der Waals surface area (Å²) in [6.45, 7) is 0. The first-order chi connectivity index (χ1) is 31.2. The largest absolute Gasteiger partial charge is 0.208 e. The van der Waals surface area contributed by atoms with E-state index in [9.17, 15) is 0 Å². The SMILES string of the molecule is c1ccc(-c2nc(-c3ccccc3)nc(-c3ccc4c(c3)sc3cc(-c5ccc(C6(c7ccc8c(c7)sc7ccccc78)c7ccccc7-c7ccccc76)cc5)ccc34)n2)cc1. The van der Waals surface area contributed by atoms with Gasteiger partial charge in [0.1, 0.15) is 0 Å². The molecule has 0 radical (unpaired) electrons. The molecule has 0 bridgehead atoms. The van der Waals surface area contributed by atoms with Crippen LogP contribution < -0.4 is 0 Å². The summed E-state index contributed by atoms with van der Waals surface area (Å²) in [5.41, 5.74) is 12.6. The molecule has 5 heteroatoms. The Balaban J connectivity index is 0.904. The third-order valence-electron chi connectivity index (χ3n) is 12.8. The monoisotopic (exact) mass is 837 g/mol. The van der Waals surface area contributed by atoms with Gasteiger partial charge in [-0.2, -0.15) is 0 Å². The highest BCUT2D eigenvalue weighted by Gasteiger charge is 2.46. The molecule has 0 spiro atoms. The molecule has 0 saturated carbocycles. The third kappa shape index (κ3) is 5.67. The second-order valence-electron chi connectivity index (χ2n) is 16.3. The molecule has 9 aromatic carbocycles. The third-order valence-corrected chi connectivity index (χ3v) is 15.1. The fourth-order valence-corrected chi connectivity index (χ4v) is 12.3. The number of rotatable bonds is 6. The van der Waals surface area contributed by atoms with Crippen molar-refractivity contribution < 1.29 is 0 Å². The van der Waals surface area contributed by atoms with Crippen LogP contribution in [0.1, 0.15) is 22.3 Å². The lowest BCUT2D eigenvalue weighted by Crippen LogP contribution is -2.28. The standard InChI is InChI=1S/C58H35N3S2/c1-3-13-37(14-4-1)55-59-56(38-15-5-2-6-16-38)61-57(60-55)40-26-31-47-46-30-25-39(33-52(46)63-53(47)34-40)36-23-27-41(28-24-36)58(49-20-10-7-17-43(49)44-18-8-11-21-50(44)58)42-29-32-48-45-19-9-12-22-51(45)62-54(48)35-42/h1-35H. The van der Waals surface area contributed by atoms with Crippen LogP contribution in [0.4, 0.5) is 0 Å². The highest BCUT2D eigenvalue weighted by atomic mass is 32.1. The first kappa shape index (κ1) is 36.1. The second-order valence-corrected chi connectivity index (χ2v) is 18.5. The summed E-state index contributed by atoms with van der Waals surface area (Å²) in [6, 6.07) is 77.1.